The van der Waals surface area contributed by atoms with Crippen molar-refractivity contribution in [2.75, 3.05) is 11.1 Å². The number of nitrogen functional groups attached to an aromatic ring is 1. The van der Waals surface area contributed by atoms with Crippen molar-refractivity contribution in [1.29, 1.82) is 0 Å². The SMILES string of the molecule is Cn1cnc(CNc2ccc(F)cc2N)n1. The van der Waals surface area contributed by atoms with Gasteiger partial charge in [0, 0.05) is 7.05 Å². The summed E-state index contributed by atoms with van der Waals surface area (Å²) in [6, 6.07) is 4.21. The summed E-state index contributed by atoms with van der Waals surface area (Å²) in [5.74, 6) is 0.310. The smallest absolute Gasteiger partial charge is 0.169 e. The lowest BCUT2D eigenvalue weighted by atomic mass is 10.2. The van der Waals surface area contributed by atoms with Crippen molar-refractivity contribution < 1.29 is 4.39 Å². The number of halogens is 1. The van der Waals surface area contributed by atoms with Crippen molar-refractivity contribution in [1.82, 2.24) is 14.8 Å². The standard InChI is InChI=1S/C10H12FN5/c1-16-6-14-10(15-16)5-13-9-3-2-7(11)4-8(9)12/h2-4,6,13H,5,12H2,1H3. The van der Waals surface area contributed by atoms with Crippen molar-refractivity contribution in [3.8, 4) is 0 Å². The van der Waals surface area contributed by atoms with Gasteiger partial charge in [-0.05, 0) is 18.2 Å². The van der Waals surface area contributed by atoms with Gasteiger partial charge in [0.2, 0.25) is 0 Å². The average molecular weight is 221 g/mol. The van der Waals surface area contributed by atoms with Gasteiger partial charge in [-0.2, -0.15) is 5.10 Å². The molecule has 0 aliphatic heterocycles. The molecule has 0 amide bonds. The highest BCUT2D eigenvalue weighted by molar-refractivity contribution is 5.65. The van der Waals surface area contributed by atoms with Gasteiger partial charge < -0.3 is 11.1 Å². The fourth-order valence-corrected chi connectivity index (χ4v) is 1.33. The van der Waals surface area contributed by atoms with Gasteiger partial charge in [0.25, 0.3) is 0 Å². The molecule has 1 heterocycles. The molecular formula is C10H12FN5. The predicted octanol–water partition coefficient (Wildman–Crippen LogP) is 1.15. The third kappa shape index (κ3) is 2.28. The van der Waals surface area contributed by atoms with Crippen LogP contribution in [0.4, 0.5) is 15.8 Å². The molecule has 0 fully saturated rings. The van der Waals surface area contributed by atoms with E-state index in [0.717, 1.165) is 0 Å². The Bertz CT molecular complexity index is 494. The second-order valence-corrected chi connectivity index (χ2v) is 3.42. The third-order valence-corrected chi connectivity index (χ3v) is 2.10. The fraction of sp³-hybridized carbons (Fsp3) is 0.200. The summed E-state index contributed by atoms with van der Waals surface area (Å²) >= 11 is 0. The molecule has 0 aliphatic rings. The third-order valence-electron chi connectivity index (χ3n) is 2.10. The molecule has 2 rings (SSSR count). The van der Waals surface area contributed by atoms with Gasteiger partial charge in [-0.15, -0.1) is 0 Å². The zero-order valence-corrected chi connectivity index (χ0v) is 8.81. The van der Waals surface area contributed by atoms with Gasteiger partial charge in [-0.25, -0.2) is 9.37 Å². The van der Waals surface area contributed by atoms with E-state index >= 15 is 0 Å². The predicted molar refractivity (Wildman–Crippen MR) is 59.1 cm³/mol. The number of anilines is 2. The van der Waals surface area contributed by atoms with E-state index in [1.165, 1.54) is 12.1 Å². The fourth-order valence-electron chi connectivity index (χ4n) is 1.33. The van der Waals surface area contributed by atoms with Crippen molar-refractivity contribution in [2.24, 2.45) is 7.05 Å². The van der Waals surface area contributed by atoms with Crippen LogP contribution in [0.5, 0.6) is 0 Å². The Labute approximate surface area is 92.1 Å². The molecular weight excluding hydrogens is 209 g/mol. The monoisotopic (exact) mass is 221 g/mol. The minimum Gasteiger partial charge on any atom is -0.397 e. The second kappa shape index (κ2) is 4.18. The second-order valence-electron chi connectivity index (χ2n) is 3.42. The Morgan fingerprint density at radius 1 is 1.50 bits per heavy atom. The summed E-state index contributed by atoms with van der Waals surface area (Å²) < 4.78 is 14.4. The molecule has 0 unspecified atom stereocenters. The number of nitrogens with one attached hydrogen (secondary N) is 1. The van der Waals surface area contributed by atoms with Gasteiger partial charge in [-0.1, -0.05) is 0 Å². The topological polar surface area (TPSA) is 68.8 Å². The van der Waals surface area contributed by atoms with Gasteiger partial charge in [-0.3, -0.25) is 4.68 Å². The summed E-state index contributed by atoms with van der Waals surface area (Å²) in [7, 11) is 1.79. The molecule has 6 heteroatoms. The van der Waals surface area contributed by atoms with Crippen LogP contribution in [0.2, 0.25) is 0 Å². The van der Waals surface area contributed by atoms with Crippen LogP contribution in [0.1, 0.15) is 5.82 Å². The van der Waals surface area contributed by atoms with E-state index in [1.807, 2.05) is 0 Å². The van der Waals surface area contributed by atoms with Crippen LogP contribution in [0, 0.1) is 5.82 Å². The quantitative estimate of drug-likeness (QED) is 0.763. The zero-order chi connectivity index (χ0) is 11.5. The molecule has 5 nitrogen and oxygen atoms in total. The Morgan fingerprint density at radius 3 is 2.94 bits per heavy atom. The molecule has 0 saturated heterocycles. The van der Waals surface area contributed by atoms with E-state index in [0.29, 0.717) is 23.7 Å². The van der Waals surface area contributed by atoms with Gasteiger partial charge in [0.1, 0.15) is 12.1 Å². The summed E-state index contributed by atoms with van der Waals surface area (Å²) in [5.41, 5.74) is 6.69. The maximum Gasteiger partial charge on any atom is 0.169 e. The Hall–Kier alpha value is -2.11. The molecule has 0 spiro atoms. The number of aryl methyl sites for hydroxylation is 1. The molecule has 3 N–H and O–H groups in total. The lowest BCUT2D eigenvalue weighted by molar-refractivity contribution is 0.628. The van der Waals surface area contributed by atoms with Crippen LogP contribution < -0.4 is 11.1 Å². The van der Waals surface area contributed by atoms with Crippen LogP contribution in [0.25, 0.3) is 0 Å². The maximum atomic E-state index is 12.8. The van der Waals surface area contributed by atoms with Gasteiger partial charge in [0.05, 0.1) is 17.9 Å². The van der Waals surface area contributed by atoms with E-state index < -0.39 is 0 Å². The molecule has 2 aromatic rings. The normalized spacial score (nSPS) is 10.4. The van der Waals surface area contributed by atoms with Crippen LogP contribution in [-0.2, 0) is 13.6 Å². The lowest BCUT2D eigenvalue weighted by Gasteiger charge is -2.06. The first-order valence-corrected chi connectivity index (χ1v) is 4.78. The summed E-state index contributed by atoms with van der Waals surface area (Å²) in [5, 5.41) is 7.14. The van der Waals surface area contributed by atoms with E-state index in [1.54, 1.807) is 24.1 Å². The Balaban J connectivity index is 2.04. The molecule has 0 saturated carbocycles. The van der Waals surface area contributed by atoms with Gasteiger partial charge in [0.15, 0.2) is 5.82 Å². The first-order valence-electron chi connectivity index (χ1n) is 4.78. The number of hydrogen-bond donors (Lipinski definition) is 2. The van der Waals surface area contributed by atoms with Gasteiger partial charge >= 0.3 is 0 Å². The number of hydrogen-bond acceptors (Lipinski definition) is 4. The molecule has 0 radical (unpaired) electrons. The van der Waals surface area contributed by atoms with Crippen LogP contribution in [-0.4, -0.2) is 14.8 Å². The van der Waals surface area contributed by atoms with Crippen LogP contribution in [0.15, 0.2) is 24.5 Å². The highest BCUT2D eigenvalue weighted by Crippen LogP contribution is 2.19. The number of rotatable bonds is 3. The Kier molecular flexibility index (Phi) is 2.72. The largest absolute Gasteiger partial charge is 0.397 e. The number of nitrogens with two attached hydrogens (primary N) is 1. The Morgan fingerprint density at radius 2 is 2.31 bits per heavy atom. The van der Waals surface area contributed by atoms with E-state index in [9.17, 15) is 4.39 Å². The summed E-state index contributed by atoms with van der Waals surface area (Å²) in [6.45, 7) is 0.455. The number of benzene rings is 1. The van der Waals surface area contributed by atoms with Crippen LogP contribution >= 0.6 is 0 Å². The molecule has 84 valence electrons. The highest BCUT2D eigenvalue weighted by Gasteiger charge is 2.02. The molecule has 1 aromatic carbocycles. The first kappa shape index (κ1) is 10.4. The molecule has 16 heavy (non-hydrogen) atoms. The zero-order valence-electron chi connectivity index (χ0n) is 8.81. The molecule has 1 aromatic heterocycles. The van der Waals surface area contributed by atoms with Crippen molar-refractivity contribution in [2.45, 2.75) is 6.54 Å². The van der Waals surface area contributed by atoms with Crippen molar-refractivity contribution >= 4 is 11.4 Å². The summed E-state index contributed by atoms with van der Waals surface area (Å²) in [6.07, 6.45) is 1.62. The summed E-state index contributed by atoms with van der Waals surface area (Å²) in [4.78, 5) is 4.05. The average Bonchev–Trinajstić information content (AvgIpc) is 2.63. The van der Waals surface area contributed by atoms with E-state index in [-0.39, 0.29) is 5.82 Å². The lowest BCUT2D eigenvalue weighted by Crippen LogP contribution is -2.04. The number of nitrogens with zero attached hydrogens (tertiary/aromatic N) is 3. The minimum absolute atomic E-state index is 0.348. The van der Waals surface area contributed by atoms with E-state index in [4.69, 9.17) is 5.73 Å². The molecule has 0 atom stereocenters. The molecule has 0 bridgehead atoms. The number of aromatic nitrogens is 3. The van der Waals surface area contributed by atoms with Crippen LogP contribution in [0.3, 0.4) is 0 Å². The maximum absolute atomic E-state index is 12.8. The van der Waals surface area contributed by atoms with E-state index in [2.05, 4.69) is 15.4 Å². The molecule has 0 aliphatic carbocycles. The van der Waals surface area contributed by atoms with Crippen molar-refractivity contribution in [3.63, 3.8) is 0 Å². The van der Waals surface area contributed by atoms with Crippen molar-refractivity contribution in [3.05, 3.63) is 36.2 Å². The minimum atomic E-state index is -0.348. The first-order chi connectivity index (χ1) is 7.65. The highest BCUT2D eigenvalue weighted by atomic mass is 19.1.